The maximum atomic E-state index is 12.8. The van der Waals surface area contributed by atoms with Gasteiger partial charge in [-0.1, -0.05) is 11.6 Å². The summed E-state index contributed by atoms with van der Waals surface area (Å²) >= 11 is 9.14. The maximum absolute atomic E-state index is 12.8. The Bertz CT molecular complexity index is 315. The van der Waals surface area contributed by atoms with E-state index in [0.29, 0.717) is 15.5 Å². The van der Waals surface area contributed by atoms with Gasteiger partial charge in [0.1, 0.15) is 5.82 Å². The van der Waals surface area contributed by atoms with Gasteiger partial charge >= 0.3 is 0 Å². The van der Waals surface area contributed by atoms with Gasteiger partial charge in [0.25, 0.3) is 0 Å². The largest absolute Gasteiger partial charge is 0.380 e. The Morgan fingerprint density at radius 2 is 2.15 bits per heavy atom. The van der Waals surface area contributed by atoms with Gasteiger partial charge in [-0.2, -0.15) is 0 Å². The molecule has 0 aliphatic heterocycles. The zero-order valence-corrected chi connectivity index (χ0v) is 9.12. The van der Waals surface area contributed by atoms with E-state index < -0.39 is 0 Å². The second kappa shape index (κ2) is 3.46. The minimum absolute atomic E-state index is 0.321. The first kappa shape index (κ1) is 9.28. The van der Waals surface area contributed by atoms with Crippen LogP contribution >= 0.6 is 27.5 Å². The minimum atomic E-state index is -0.321. The Morgan fingerprint density at radius 3 is 2.69 bits per heavy atom. The molecule has 4 heteroatoms. The van der Waals surface area contributed by atoms with Crippen molar-refractivity contribution in [3.05, 3.63) is 27.4 Å². The van der Waals surface area contributed by atoms with Crippen LogP contribution in [0.2, 0.25) is 5.02 Å². The number of hydrogen-bond acceptors (Lipinski definition) is 1. The molecule has 1 fully saturated rings. The van der Waals surface area contributed by atoms with E-state index in [4.69, 9.17) is 11.6 Å². The lowest BCUT2D eigenvalue weighted by Crippen LogP contribution is -2.02. The molecule has 0 radical (unpaired) electrons. The van der Waals surface area contributed by atoms with Crippen molar-refractivity contribution in [2.24, 2.45) is 0 Å². The quantitative estimate of drug-likeness (QED) is 0.856. The van der Waals surface area contributed by atoms with Crippen LogP contribution in [0.15, 0.2) is 16.6 Å². The number of nitrogens with one attached hydrogen (secondary N) is 1. The number of hydrogen-bond donors (Lipinski definition) is 1. The maximum Gasteiger partial charge on any atom is 0.125 e. The molecular formula is C9H8BrClFN. The molecule has 70 valence electrons. The van der Waals surface area contributed by atoms with Gasteiger partial charge in [-0.25, -0.2) is 4.39 Å². The third-order valence-electron chi connectivity index (χ3n) is 1.93. The van der Waals surface area contributed by atoms with E-state index in [-0.39, 0.29) is 5.82 Å². The molecule has 1 saturated carbocycles. The summed E-state index contributed by atoms with van der Waals surface area (Å²) in [4.78, 5) is 0. The lowest BCUT2D eigenvalue weighted by molar-refractivity contribution is 0.627. The Hall–Kier alpha value is -0.280. The van der Waals surface area contributed by atoms with Crippen LogP contribution < -0.4 is 5.32 Å². The molecule has 0 saturated heterocycles. The first-order valence-electron chi connectivity index (χ1n) is 4.08. The molecule has 0 aromatic heterocycles. The van der Waals surface area contributed by atoms with Crippen LogP contribution in [0.1, 0.15) is 12.8 Å². The van der Waals surface area contributed by atoms with Crippen LogP contribution in [0.3, 0.4) is 0 Å². The predicted octanol–water partition coefficient (Wildman–Crippen LogP) is 3.82. The fourth-order valence-electron chi connectivity index (χ4n) is 1.11. The van der Waals surface area contributed by atoms with Crippen molar-refractivity contribution in [1.29, 1.82) is 0 Å². The average molecular weight is 265 g/mol. The number of rotatable bonds is 2. The fraction of sp³-hybridized carbons (Fsp3) is 0.333. The van der Waals surface area contributed by atoms with Crippen molar-refractivity contribution < 1.29 is 4.39 Å². The van der Waals surface area contributed by atoms with E-state index in [1.807, 2.05) is 0 Å². The standard InChI is InChI=1S/C9H8BrClFN/c10-7-3-5(12)4-8(11)9(7)13-6-1-2-6/h3-4,6,13H,1-2H2. The van der Waals surface area contributed by atoms with E-state index in [2.05, 4.69) is 21.2 Å². The first-order valence-corrected chi connectivity index (χ1v) is 5.25. The molecule has 13 heavy (non-hydrogen) atoms. The third-order valence-corrected chi connectivity index (χ3v) is 2.86. The summed E-state index contributed by atoms with van der Waals surface area (Å²) < 4.78 is 13.5. The summed E-state index contributed by atoms with van der Waals surface area (Å²) in [5.41, 5.74) is 0.797. The lowest BCUT2D eigenvalue weighted by Gasteiger charge is -2.09. The van der Waals surface area contributed by atoms with Gasteiger partial charge in [0.2, 0.25) is 0 Å². The molecule has 0 bridgehead atoms. The van der Waals surface area contributed by atoms with Crippen molar-refractivity contribution in [1.82, 2.24) is 0 Å². The predicted molar refractivity (Wildman–Crippen MR) is 55.8 cm³/mol. The fourth-order valence-corrected chi connectivity index (χ4v) is 2.03. The molecule has 1 aliphatic rings. The van der Waals surface area contributed by atoms with Crippen LogP contribution in [0, 0.1) is 5.82 Å². The number of benzene rings is 1. The molecule has 0 atom stereocenters. The highest BCUT2D eigenvalue weighted by atomic mass is 79.9. The lowest BCUT2D eigenvalue weighted by atomic mass is 10.3. The Balaban J connectivity index is 2.31. The molecule has 1 aromatic rings. The second-order valence-electron chi connectivity index (χ2n) is 3.16. The van der Waals surface area contributed by atoms with E-state index >= 15 is 0 Å². The monoisotopic (exact) mass is 263 g/mol. The van der Waals surface area contributed by atoms with E-state index in [0.717, 1.165) is 5.69 Å². The summed E-state index contributed by atoms with van der Waals surface area (Å²) in [6.07, 6.45) is 2.33. The van der Waals surface area contributed by atoms with Crippen LogP contribution in [0.4, 0.5) is 10.1 Å². The van der Waals surface area contributed by atoms with Crippen molar-refractivity contribution in [3.8, 4) is 0 Å². The van der Waals surface area contributed by atoms with Gasteiger partial charge in [-0.15, -0.1) is 0 Å². The normalized spacial score (nSPS) is 15.9. The molecule has 0 amide bonds. The number of halogens is 3. The van der Waals surface area contributed by atoms with Crippen LogP contribution in [0.25, 0.3) is 0 Å². The zero-order chi connectivity index (χ0) is 9.42. The van der Waals surface area contributed by atoms with Crippen molar-refractivity contribution >= 4 is 33.2 Å². The molecule has 0 heterocycles. The van der Waals surface area contributed by atoms with Crippen LogP contribution in [-0.4, -0.2) is 6.04 Å². The highest BCUT2D eigenvalue weighted by Gasteiger charge is 2.22. The van der Waals surface area contributed by atoms with E-state index in [1.54, 1.807) is 0 Å². The summed E-state index contributed by atoms with van der Waals surface area (Å²) in [7, 11) is 0. The van der Waals surface area contributed by atoms with Gasteiger partial charge in [-0.3, -0.25) is 0 Å². The van der Waals surface area contributed by atoms with Gasteiger partial charge in [0, 0.05) is 10.5 Å². The topological polar surface area (TPSA) is 12.0 Å². The van der Waals surface area contributed by atoms with E-state index in [1.165, 1.54) is 25.0 Å². The Labute approximate surface area is 89.4 Å². The Morgan fingerprint density at radius 1 is 1.46 bits per heavy atom. The minimum Gasteiger partial charge on any atom is -0.380 e. The van der Waals surface area contributed by atoms with Crippen LogP contribution in [0.5, 0.6) is 0 Å². The summed E-state index contributed by atoms with van der Waals surface area (Å²) in [5.74, 6) is -0.321. The highest BCUT2D eigenvalue weighted by Crippen LogP contribution is 2.35. The highest BCUT2D eigenvalue weighted by molar-refractivity contribution is 9.10. The summed E-state index contributed by atoms with van der Waals surface area (Å²) in [5, 5.41) is 3.66. The third kappa shape index (κ3) is 2.15. The smallest absolute Gasteiger partial charge is 0.125 e. The number of anilines is 1. The molecule has 2 rings (SSSR count). The van der Waals surface area contributed by atoms with Crippen molar-refractivity contribution in [2.45, 2.75) is 18.9 Å². The molecule has 0 unspecified atom stereocenters. The average Bonchev–Trinajstić information content (AvgIpc) is 2.79. The SMILES string of the molecule is Fc1cc(Cl)c(NC2CC2)c(Br)c1. The van der Waals surface area contributed by atoms with Crippen LogP contribution in [-0.2, 0) is 0 Å². The van der Waals surface area contributed by atoms with Crippen molar-refractivity contribution in [2.75, 3.05) is 5.32 Å². The zero-order valence-electron chi connectivity index (χ0n) is 6.78. The molecule has 0 spiro atoms. The molecule has 1 nitrogen and oxygen atoms in total. The molecule has 1 N–H and O–H groups in total. The Kier molecular flexibility index (Phi) is 2.47. The molecular weight excluding hydrogens is 256 g/mol. The van der Waals surface area contributed by atoms with E-state index in [9.17, 15) is 4.39 Å². The summed E-state index contributed by atoms with van der Waals surface area (Å²) in [6, 6.07) is 3.24. The van der Waals surface area contributed by atoms with Crippen molar-refractivity contribution in [3.63, 3.8) is 0 Å². The van der Waals surface area contributed by atoms with Gasteiger partial charge in [0.15, 0.2) is 0 Å². The molecule has 1 aromatic carbocycles. The van der Waals surface area contributed by atoms with Gasteiger partial charge < -0.3 is 5.32 Å². The van der Waals surface area contributed by atoms with Gasteiger partial charge in [0.05, 0.1) is 10.7 Å². The second-order valence-corrected chi connectivity index (χ2v) is 4.42. The van der Waals surface area contributed by atoms with Gasteiger partial charge in [-0.05, 0) is 40.9 Å². The molecule has 1 aliphatic carbocycles. The summed E-state index contributed by atoms with van der Waals surface area (Å²) in [6.45, 7) is 0. The first-order chi connectivity index (χ1) is 6.16.